The van der Waals surface area contributed by atoms with Gasteiger partial charge in [0.15, 0.2) is 22.9 Å². The first-order valence-electron chi connectivity index (χ1n) is 10.7. The molecule has 1 aromatic heterocycles. The highest BCUT2D eigenvalue weighted by Crippen LogP contribution is 2.44. The maximum Gasteiger partial charge on any atom is 0.294 e. The average molecular weight is 508 g/mol. The lowest BCUT2D eigenvalue weighted by Crippen LogP contribution is -2.31. The van der Waals surface area contributed by atoms with Crippen LogP contribution in [0, 0.1) is 6.92 Å². The molecule has 1 unspecified atom stereocenters. The fourth-order valence-electron chi connectivity index (χ4n) is 4.38. The van der Waals surface area contributed by atoms with Crippen LogP contribution in [0.25, 0.3) is 11.0 Å². The van der Waals surface area contributed by atoms with E-state index in [0.29, 0.717) is 43.6 Å². The summed E-state index contributed by atoms with van der Waals surface area (Å²) in [5.74, 6) is -1.66. The Morgan fingerprint density at radius 1 is 1.06 bits per heavy atom. The number of anilines is 1. The number of ether oxygens (including phenoxy) is 1. The van der Waals surface area contributed by atoms with Gasteiger partial charge in [0.25, 0.3) is 5.91 Å². The predicted octanol–water partition coefficient (Wildman–Crippen LogP) is 6.84. The number of furan rings is 1. The average Bonchev–Trinajstić information content (AvgIpc) is 3.39. The van der Waals surface area contributed by atoms with Crippen molar-refractivity contribution >= 4 is 51.5 Å². The highest BCUT2D eigenvalue weighted by molar-refractivity contribution is 6.32. The van der Waals surface area contributed by atoms with Crippen LogP contribution in [-0.4, -0.2) is 23.9 Å². The Morgan fingerprint density at radius 2 is 1.80 bits per heavy atom. The summed E-state index contributed by atoms with van der Waals surface area (Å²) >= 11 is 12.5. The van der Waals surface area contributed by atoms with E-state index in [-0.39, 0.29) is 11.3 Å². The van der Waals surface area contributed by atoms with Crippen LogP contribution in [0.2, 0.25) is 10.0 Å². The second-order valence-electron chi connectivity index (χ2n) is 8.10. The largest absolute Gasteiger partial charge is 0.503 e. The van der Waals surface area contributed by atoms with Crippen molar-refractivity contribution in [3.63, 3.8) is 0 Å². The Kier molecular flexibility index (Phi) is 5.79. The fourth-order valence-corrected chi connectivity index (χ4v) is 4.76. The normalized spacial score (nSPS) is 15.8. The third kappa shape index (κ3) is 3.75. The lowest BCUT2D eigenvalue weighted by atomic mass is 9.94. The van der Waals surface area contributed by atoms with Crippen LogP contribution >= 0.6 is 23.2 Å². The quantitative estimate of drug-likeness (QED) is 0.299. The molecule has 3 aromatic carbocycles. The van der Waals surface area contributed by atoms with Crippen molar-refractivity contribution in [1.29, 1.82) is 0 Å². The van der Waals surface area contributed by atoms with Crippen LogP contribution in [0.3, 0.4) is 0 Å². The number of amides is 1. The molecule has 176 valence electrons. The highest BCUT2D eigenvalue weighted by Gasteiger charge is 2.45. The molecule has 8 heteroatoms. The van der Waals surface area contributed by atoms with Crippen molar-refractivity contribution in [3.8, 4) is 5.75 Å². The minimum atomic E-state index is -0.896. The molecule has 0 fully saturated rings. The van der Waals surface area contributed by atoms with E-state index in [4.69, 9.17) is 32.4 Å². The summed E-state index contributed by atoms with van der Waals surface area (Å²) in [4.78, 5) is 28.5. The first-order chi connectivity index (χ1) is 16.8. The van der Waals surface area contributed by atoms with Crippen LogP contribution in [0.5, 0.6) is 5.75 Å². The maximum atomic E-state index is 13.8. The number of benzene rings is 3. The zero-order valence-corrected chi connectivity index (χ0v) is 20.2. The zero-order valence-electron chi connectivity index (χ0n) is 18.7. The number of methoxy groups -OCH3 is 1. The van der Waals surface area contributed by atoms with Crippen LogP contribution in [0.1, 0.15) is 27.7 Å². The molecule has 6 nitrogen and oxygen atoms in total. The van der Waals surface area contributed by atoms with E-state index in [1.165, 1.54) is 18.1 Å². The summed E-state index contributed by atoms with van der Waals surface area (Å²) in [6, 6.07) is 18.0. The number of Topliss-reactive ketones (excluding diaryl/α,β-unsaturated/α-hetero) is 1. The van der Waals surface area contributed by atoms with Gasteiger partial charge in [0, 0.05) is 27.2 Å². The van der Waals surface area contributed by atoms with Crippen molar-refractivity contribution in [2.75, 3.05) is 12.0 Å². The first-order valence-corrected chi connectivity index (χ1v) is 11.5. The van der Waals surface area contributed by atoms with Gasteiger partial charge in [-0.2, -0.15) is 0 Å². The Bertz CT molecular complexity index is 1520. The van der Waals surface area contributed by atoms with Gasteiger partial charge in [-0.15, -0.1) is 0 Å². The van der Waals surface area contributed by atoms with Gasteiger partial charge in [-0.1, -0.05) is 59.6 Å². The van der Waals surface area contributed by atoms with Gasteiger partial charge in [-0.3, -0.25) is 14.5 Å². The summed E-state index contributed by atoms with van der Waals surface area (Å²) in [6.45, 7) is 1.78. The van der Waals surface area contributed by atoms with Gasteiger partial charge < -0.3 is 14.3 Å². The van der Waals surface area contributed by atoms with Crippen LogP contribution in [0.4, 0.5) is 5.69 Å². The molecule has 35 heavy (non-hydrogen) atoms. The van der Waals surface area contributed by atoms with Crippen molar-refractivity contribution in [2.24, 2.45) is 0 Å². The molecule has 0 saturated carbocycles. The number of aliphatic hydroxyl groups excluding tert-OH is 1. The molecule has 0 spiro atoms. The lowest BCUT2D eigenvalue weighted by molar-refractivity contribution is -0.117. The smallest absolute Gasteiger partial charge is 0.294 e. The van der Waals surface area contributed by atoms with E-state index >= 15 is 0 Å². The summed E-state index contributed by atoms with van der Waals surface area (Å²) in [6.07, 6.45) is 0. The second-order valence-corrected chi connectivity index (χ2v) is 8.94. The minimum absolute atomic E-state index is 0.0551. The van der Waals surface area contributed by atoms with Crippen molar-refractivity contribution < 1.29 is 23.8 Å². The number of ketones is 1. The molecule has 0 aliphatic carbocycles. The number of hydrogen-bond donors (Lipinski definition) is 1. The number of rotatable bonds is 5. The van der Waals surface area contributed by atoms with Crippen molar-refractivity contribution in [3.05, 3.63) is 105 Å². The van der Waals surface area contributed by atoms with E-state index in [1.54, 1.807) is 61.5 Å². The number of carbonyl (C=O) groups is 2. The van der Waals surface area contributed by atoms with Gasteiger partial charge in [0.1, 0.15) is 0 Å². The molecular formula is C27H19Cl2NO5. The standard InChI is InChI=1S/C27H19Cl2NO5/c1-14-18(29)9-6-10-19(14)30-23(15-7-4-3-5-8-15)22(25(32)27(30)33)24(31)20-12-16-11-17(28)13-21(34-2)26(16)35-20/h3-13,23,32H,1-2H3. The maximum absolute atomic E-state index is 13.8. The molecular weight excluding hydrogens is 489 g/mol. The molecule has 1 aliphatic rings. The Balaban J connectivity index is 1.68. The predicted molar refractivity (Wildman–Crippen MR) is 135 cm³/mol. The zero-order chi connectivity index (χ0) is 24.9. The van der Waals surface area contributed by atoms with E-state index in [0.717, 1.165) is 0 Å². The topological polar surface area (TPSA) is 80.0 Å². The van der Waals surface area contributed by atoms with Gasteiger partial charge in [0.05, 0.1) is 18.7 Å². The van der Waals surface area contributed by atoms with Crippen LogP contribution in [0.15, 0.2) is 82.5 Å². The number of nitrogens with zero attached hydrogens (tertiary/aromatic N) is 1. The van der Waals surface area contributed by atoms with Crippen molar-refractivity contribution in [2.45, 2.75) is 13.0 Å². The summed E-state index contributed by atoms with van der Waals surface area (Å²) in [7, 11) is 1.47. The second kappa shape index (κ2) is 8.80. The van der Waals surface area contributed by atoms with E-state index in [2.05, 4.69) is 0 Å². The third-order valence-electron chi connectivity index (χ3n) is 6.06. The molecule has 1 aliphatic heterocycles. The number of aliphatic hydroxyl groups is 1. The summed E-state index contributed by atoms with van der Waals surface area (Å²) < 4.78 is 11.2. The summed E-state index contributed by atoms with van der Waals surface area (Å²) in [5.41, 5.74) is 2.02. The molecule has 1 N–H and O–H groups in total. The summed E-state index contributed by atoms with van der Waals surface area (Å²) in [5, 5.41) is 12.4. The first kappa shape index (κ1) is 23.0. The van der Waals surface area contributed by atoms with Crippen LogP contribution in [-0.2, 0) is 4.79 Å². The third-order valence-corrected chi connectivity index (χ3v) is 6.69. The Hall–Kier alpha value is -3.74. The molecule has 0 saturated heterocycles. The Morgan fingerprint density at radius 3 is 2.51 bits per heavy atom. The molecule has 1 amide bonds. The molecule has 4 aromatic rings. The SMILES string of the molecule is COc1cc(Cl)cc2cc(C(=O)C3=C(O)C(=O)N(c4cccc(Cl)c4C)C3c3ccccc3)oc12. The Labute approximate surface area is 210 Å². The van der Waals surface area contributed by atoms with E-state index in [1.807, 2.05) is 6.07 Å². The molecule has 5 rings (SSSR count). The minimum Gasteiger partial charge on any atom is -0.503 e. The number of carbonyl (C=O) groups excluding carboxylic acids is 2. The molecule has 0 radical (unpaired) electrons. The van der Waals surface area contributed by atoms with E-state index < -0.39 is 23.5 Å². The fraction of sp³-hybridized carbons (Fsp3) is 0.111. The number of hydrogen-bond acceptors (Lipinski definition) is 5. The van der Waals surface area contributed by atoms with Gasteiger partial charge >= 0.3 is 0 Å². The van der Waals surface area contributed by atoms with E-state index in [9.17, 15) is 14.7 Å². The van der Waals surface area contributed by atoms with Gasteiger partial charge in [-0.25, -0.2) is 0 Å². The lowest BCUT2D eigenvalue weighted by Gasteiger charge is -2.28. The number of fused-ring (bicyclic) bond motifs is 1. The van der Waals surface area contributed by atoms with Crippen molar-refractivity contribution in [1.82, 2.24) is 0 Å². The van der Waals surface area contributed by atoms with Gasteiger partial charge in [-0.05, 0) is 42.3 Å². The highest BCUT2D eigenvalue weighted by atomic mass is 35.5. The molecule has 2 heterocycles. The molecule has 0 bridgehead atoms. The number of halogens is 2. The van der Waals surface area contributed by atoms with Crippen LogP contribution < -0.4 is 9.64 Å². The monoisotopic (exact) mass is 507 g/mol. The van der Waals surface area contributed by atoms with Gasteiger partial charge in [0.2, 0.25) is 5.78 Å². The molecule has 1 atom stereocenters.